The lowest BCUT2D eigenvalue weighted by Crippen LogP contribution is -2.47. The summed E-state index contributed by atoms with van der Waals surface area (Å²) in [6.07, 6.45) is 1.97. The van der Waals surface area contributed by atoms with Crippen LogP contribution in [0.25, 0.3) is 11.0 Å². The van der Waals surface area contributed by atoms with Crippen molar-refractivity contribution in [1.82, 2.24) is 10.9 Å². The SMILES string of the molecule is Cc1c(C(=O)NNC(=O)CN2CCCc3ccccc32)oc2ccc(F)cc12. The van der Waals surface area contributed by atoms with E-state index in [1.54, 1.807) is 6.92 Å². The minimum Gasteiger partial charge on any atom is -0.451 e. The van der Waals surface area contributed by atoms with Crippen LogP contribution in [-0.4, -0.2) is 24.9 Å². The fraction of sp³-hybridized carbons (Fsp3) is 0.238. The Hall–Kier alpha value is -3.35. The number of fused-ring (bicyclic) bond motifs is 2. The molecular formula is C21H20FN3O3. The number of hydrazine groups is 1. The van der Waals surface area contributed by atoms with Crippen molar-refractivity contribution in [3.63, 3.8) is 0 Å². The number of amides is 2. The van der Waals surface area contributed by atoms with E-state index < -0.39 is 11.7 Å². The molecule has 0 atom stereocenters. The van der Waals surface area contributed by atoms with Crippen LogP contribution in [-0.2, 0) is 11.2 Å². The highest BCUT2D eigenvalue weighted by molar-refractivity contribution is 5.99. The molecule has 0 aliphatic carbocycles. The Bertz CT molecular complexity index is 1060. The summed E-state index contributed by atoms with van der Waals surface area (Å²) in [5.41, 5.74) is 8.01. The number of hydrogen-bond donors (Lipinski definition) is 2. The summed E-state index contributed by atoms with van der Waals surface area (Å²) >= 11 is 0. The van der Waals surface area contributed by atoms with Gasteiger partial charge in [0.25, 0.3) is 5.91 Å². The van der Waals surface area contributed by atoms with Gasteiger partial charge in [-0.2, -0.15) is 0 Å². The normalized spacial score (nSPS) is 13.3. The Morgan fingerprint density at radius 1 is 1.18 bits per heavy atom. The molecule has 1 aliphatic heterocycles. The summed E-state index contributed by atoms with van der Waals surface area (Å²) in [5, 5.41) is 0.529. The Morgan fingerprint density at radius 3 is 2.86 bits per heavy atom. The molecule has 4 rings (SSSR count). The molecule has 6 nitrogen and oxygen atoms in total. The number of hydrogen-bond acceptors (Lipinski definition) is 4. The van der Waals surface area contributed by atoms with Gasteiger partial charge in [-0.3, -0.25) is 20.4 Å². The van der Waals surface area contributed by atoms with Gasteiger partial charge < -0.3 is 9.32 Å². The number of furan rings is 1. The van der Waals surface area contributed by atoms with Gasteiger partial charge in [0.1, 0.15) is 11.4 Å². The highest BCUT2D eigenvalue weighted by atomic mass is 19.1. The third-order valence-corrected chi connectivity index (χ3v) is 4.96. The first kappa shape index (κ1) is 18.0. The summed E-state index contributed by atoms with van der Waals surface area (Å²) in [6.45, 7) is 2.60. The van der Waals surface area contributed by atoms with E-state index in [1.165, 1.54) is 23.8 Å². The number of benzene rings is 2. The molecule has 0 radical (unpaired) electrons. The molecule has 0 fully saturated rings. The topological polar surface area (TPSA) is 74.6 Å². The minimum absolute atomic E-state index is 0.0456. The molecular weight excluding hydrogens is 361 g/mol. The average molecular weight is 381 g/mol. The number of rotatable bonds is 3. The molecule has 0 saturated carbocycles. The third-order valence-electron chi connectivity index (χ3n) is 4.96. The van der Waals surface area contributed by atoms with E-state index in [9.17, 15) is 14.0 Å². The monoisotopic (exact) mass is 381 g/mol. The van der Waals surface area contributed by atoms with Gasteiger partial charge in [0.05, 0.1) is 6.54 Å². The third kappa shape index (κ3) is 3.43. The Labute approximate surface area is 161 Å². The smallest absolute Gasteiger partial charge is 0.305 e. The number of para-hydroxylation sites is 1. The maximum Gasteiger partial charge on any atom is 0.305 e. The van der Waals surface area contributed by atoms with Crippen molar-refractivity contribution in [2.45, 2.75) is 19.8 Å². The Morgan fingerprint density at radius 2 is 2.00 bits per heavy atom. The molecule has 0 bridgehead atoms. The van der Waals surface area contributed by atoms with Crippen molar-refractivity contribution in [2.75, 3.05) is 18.0 Å². The van der Waals surface area contributed by atoms with E-state index >= 15 is 0 Å². The van der Waals surface area contributed by atoms with Gasteiger partial charge in [0.15, 0.2) is 5.76 Å². The second kappa shape index (κ2) is 7.34. The highest BCUT2D eigenvalue weighted by Gasteiger charge is 2.21. The molecule has 28 heavy (non-hydrogen) atoms. The van der Waals surface area contributed by atoms with Gasteiger partial charge in [-0.1, -0.05) is 18.2 Å². The lowest BCUT2D eigenvalue weighted by molar-refractivity contribution is -0.120. The Kier molecular flexibility index (Phi) is 4.73. The molecule has 7 heteroatoms. The summed E-state index contributed by atoms with van der Waals surface area (Å²) in [4.78, 5) is 26.7. The van der Waals surface area contributed by atoms with Gasteiger partial charge in [0, 0.05) is 23.2 Å². The van der Waals surface area contributed by atoms with Crippen LogP contribution in [0.15, 0.2) is 46.9 Å². The number of carbonyl (C=O) groups excluding carboxylic acids is 2. The molecule has 0 unspecified atom stereocenters. The maximum absolute atomic E-state index is 13.4. The van der Waals surface area contributed by atoms with Crippen LogP contribution in [0.3, 0.4) is 0 Å². The second-order valence-corrected chi connectivity index (χ2v) is 6.85. The van der Waals surface area contributed by atoms with Crippen molar-refractivity contribution in [3.05, 3.63) is 65.2 Å². The fourth-order valence-corrected chi connectivity index (χ4v) is 3.58. The minimum atomic E-state index is -0.582. The summed E-state index contributed by atoms with van der Waals surface area (Å²) in [7, 11) is 0. The van der Waals surface area contributed by atoms with E-state index in [1.807, 2.05) is 23.1 Å². The molecule has 0 spiro atoms. The first-order chi connectivity index (χ1) is 13.5. The van der Waals surface area contributed by atoms with Crippen molar-refractivity contribution in [1.29, 1.82) is 0 Å². The predicted octanol–water partition coefficient (Wildman–Crippen LogP) is 3.09. The van der Waals surface area contributed by atoms with Gasteiger partial charge in [-0.25, -0.2) is 4.39 Å². The number of carbonyl (C=O) groups is 2. The van der Waals surface area contributed by atoms with Gasteiger partial charge in [-0.05, 0) is 49.6 Å². The van der Waals surface area contributed by atoms with Crippen molar-refractivity contribution < 1.29 is 18.4 Å². The summed E-state index contributed by atoms with van der Waals surface area (Å²) < 4.78 is 18.9. The van der Waals surface area contributed by atoms with Crippen molar-refractivity contribution >= 4 is 28.5 Å². The lowest BCUT2D eigenvalue weighted by Gasteiger charge is -2.30. The zero-order valence-electron chi connectivity index (χ0n) is 15.4. The maximum atomic E-state index is 13.4. The lowest BCUT2D eigenvalue weighted by atomic mass is 10.0. The van der Waals surface area contributed by atoms with Crippen LogP contribution in [0.2, 0.25) is 0 Å². The van der Waals surface area contributed by atoms with E-state index in [4.69, 9.17) is 4.42 Å². The number of nitrogens with zero attached hydrogens (tertiary/aromatic N) is 1. The molecule has 3 aromatic rings. The molecule has 1 aliphatic rings. The van der Waals surface area contributed by atoms with Gasteiger partial charge in [-0.15, -0.1) is 0 Å². The fourth-order valence-electron chi connectivity index (χ4n) is 3.58. The highest BCUT2D eigenvalue weighted by Crippen LogP contribution is 2.27. The van der Waals surface area contributed by atoms with Crippen molar-refractivity contribution in [3.8, 4) is 0 Å². The first-order valence-corrected chi connectivity index (χ1v) is 9.13. The number of anilines is 1. The molecule has 0 saturated heterocycles. The number of halogens is 1. The van der Waals surface area contributed by atoms with Crippen LogP contribution in [0.4, 0.5) is 10.1 Å². The van der Waals surface area contributed by atoms with Crippen LogP contribution < -0.4 is 15.8 Å². The quantitative estimate of drug-likeness (QED) is 0.684. The van der Waals surface area contributed by atoms with E-state index in [-0.39, 0.29) is 18.2 Å². The van der Waals surface area contributed by atoms with Crippen molar-refractivity contribution in [2.24, 2.45) is 0 Å². The largest absolute Gasteiger partial charge is 0.451 e. The number of aryl methyl sites for hydroxylation is 2. The van der Waals surface area contributed by atoms with E-state index in [0.29, 0.717) is 16.5 Å². The standard InChI is InChI=1S/C21H20FN3O3/c1-13-16-11-15(22)8-9-18(16)28-20(13)21(27)24-23-19(26)12-25-10-4-6-14-5-2-3-7-17(14)25/h2-3,5,7-9,11H,4,6,10,12H2,1H3,(H,23,26)(H,24,27). The van der Waals surface area contributed by atoms with E-state index in [0.717, 1.165) is 25.1 Å². The molecule has 2 N–H and O–H groups in total. The van der Waals surface area contributed by atoms with Crippen LogP contribution in [0, 0.1) is 12.7 Å². The molecule has 2 heterocycles. The molecule has 1 aromatic heterocycles. The van der Waals surface area contributed by atoms with Crippen LogP contribution >= 0.6 is 0 Å². The first-order valence-electron chi connectivity index (χ1n) is 9.13. The zero-order valence-corrected chi connectivity index (χ0v) is 15.4. The zero-order chi connectivity index (χ0) is 19.7. The molecule has 2 aromatic carbocycles. The van der Waals surface area contributed by atoms with E-state index in [2.05, 4.69) is 16.9 Å². The van der Waals surface area contributed by atoms with Crippen LogP contribution in [0.5, 0.6) is 0 Å². The van der Waals surface area contributed by atoms with Gasteiger partial charge >= 0.3 is 5.91 Å². The molecule has 2 amide bonds. The predicted molar refractivity (Wildman–Crippen MR) is 103 cm³/mol. The summed E-state index contributed by atoms with van der Waals surface area (Å²) in [5.74, 6) is -1.27. The Balaban J connectivity index is 1.40. The van der Waals surface area contributed by atoms with Gasteiger partial charge in [0.2, 0.25) is 0 Å². The molecule has 144 valence electrons. The van der Waals surface area contributed by atoms with Crippen LogP contribution in [0.1, 0.15) is 28.1 Å². The number of nitrogens with one attached hydrogen (secondary N) is 2. The summed E-state index contributed by atoms with van der Waals surface area (Å²) in [6, 6.07) is 12.1. The second-order valence-electron chi connectivity index (χ2n) is 6.85. The average Bonchev–Trinajstić information content (AvgIpc) is 3.02.